The van der Waals surface area contributed by atoms with Gasteiger partial charge >= 0.3 is 6.18 Å². The average molecular weight is 374 g/mol. The smallest absolute Gasteiger partial charge is 0.350 e. The van der Waals surface area contributed by atoms with Gasteiger partial charge in [-0.05, 0) is 56.3 Å². The van der Waals surface area contributed by atoms with Gasteiger partial charge in [0.1, 0.15) is 0 Å². The Kier molecular flexibility index (Phi) is 4.78. The van der Waals surface area contributed by atoms with Gasteiger partial charge in [-0.25, -0.2) is 0 Å². The van der Waals surface area contributed by atoms with Crippen LogP contribution in [0.25, 0.3) is 16.6 Å². The van der Waals surface area contributed by atoms with Crippen molar-refractivity contribution in [3.05, 3.63) is 76.1 Å². The summed E-state index contributed by atoms with van der Waals surface area (Å²) in [6, 6.07) is 10.6. The molecule has 1 heterocycles. The molecule has 0 saturated carbocycles. The number of nitrogens with zero attached hydrogens (tertiary/aromatic N) is 1. The Bertz CT molecular complexity index is 1050. The number of rotatable bonds is 3. The van der Waals surface area contributed by atoms with Crippen LogP contribution in [0.3, 0.4) is 0 Å². The number of hydrogen-bond acceptors (Lipinski definition) is 2. The molecule has 0 bridgehead atoms. The predicted octanol–water partition coefficient (Wildman–Crippen LogP) is 4.15. The first-order valence-corrected chi connectivity index (χ1v) is 8.31. The maximum Gasteiger partial charge on any atom is 0.416 e. The molecule has 27 heavy (non-hydrogen) atoms. The van der Waals surface area contributed by atoms with Crippen LogP contribution in [0, 0.1) is 0 Å². The molecule has 0 aliphatic heterocycles. The van der Waals surface area contributed by atoms with Crippen molar-refractivity contribution >= 4 is 16.8 Å². The first-order chi connectivity index (χ1) is 12.7. The number of fused-ring (bicyclic) bond motifs is 1. The third-order valence-corrected chi connectivity index (χ3v) is 4.05. The van der Waals surface area contributed by atoms with Gasteiger partial charge in [0, 0.05) is 34.9 Å². The number of pyridine rings is 1. The Morgan fingerprint density at radius 2 is 1.70 bits per heavy atom. The van der Waals surface area contributed by atoms with Gasteiger partial charge in [-0.2, -0.15) is 13.2 Å². The van der Waals surface area contributed by atoms with E-state index in [-0.39, 0.29) is 17.4 Å². The van der Waals surface area contributed by atoms with E-state index in [0.717, 1.165) is 12.1 Å². The molecule has 0 aliphatic rings. The minimum absolute atomic E-state index is 0.0484. The Balaban J connectivity index is 2.09. The van der Waals surface area contributed by atoms with Crippen molar-refractivity contribution in [2.75, 3.05) is 0 Å². The van der Waals surface area contributed by atoms with Crippen LogP contribution in [-0.4, -0.2) is 16.5 Å². The lowest BCUT2D eigenvalue weighted by molar-refractivity contribution is -0.137. The standard InChI is InChI=1S/C20H17F3N2O2/c1-12(2)24-19(27)13-3-8-17-16(11-13)18(26)9-10-25(17)15-6-4-14(5-7-15)20(21,22)23/h3-12H,1-2H3,(H,24,27). The number of benzene rings is 2. The van der Waals surface area contributed by atoms with E-state index < -0.39 is 11.7 Å². The van der Waals surface area contributed by atoms with Crippen molar-refractivity contribution in [3.63, 3.8) is 0 Å². The molecule has 1 amide bonds. The zero-order chi connectivity index (χ0) is 19.8. The third kappa shape index (κ3) is 3.86. The topological polar surface area (TPSA) is 51.1 Å². The highest BCUT2D eigenvalue weighted by molar-refractivity contribution is 5.98. The van der Waals surface area contributed by atoms with Gasteiger partial charge in [0.2, 0.25) is 0 Å². The summed E-state index contributed by atoms with van der Waals surface area (Å²) in [5.74, 6) is -0.295. The summed E-state index contributed by atoms with van der Waals surface area (Å²) in [5.41, 5.74) is 0.311. The van der Waals surface area contributed by atoms with Gasteiger partial charge in [0.05, 0.1) is 11.1 Å². The number of amides is 1. The van der Waals surface area contributed by atoms with E-state index in [1.165, 1.54) is 30.5 Å². The molecule has 2 aromatic carbocycles. The molecule has 140 valence electrons. The fourth-order valence-electron chi connectivity index (χ4n) is 2.78. The monoisotopic (exact) mass is 374 g/mol. The quantitative estimate of drug-likeness (QED) is 0.749. The molecule has 1 N–H and O–H groups in total. The molecule has 3 aromatic rings. The van der Waals surface area contributed by atoms with Crippen LogP contribution in [0.1, 0.15) is 29.8 Å². The van der Waals surface area contributed by atoms with Crippen molar-refractivity contribution < 1.29 is 18.0 Å². The average Bonchev–Trinajstić information content (AvgIpc) is 2.61. The second kappa shape index (κ2) is 6.90. The van der Waals surface area contributed by atoms with Crippen LogP contribution in [0.4, 0.5) is 13.2 Å². The highest BCUT2D eigenvalue weighted by Crippen LogP contribution is 2.30. The Morgan fingerprint density at radius 3 is 2.30 bits per heavy atom. The SMILES string of the molecule is CC(C)NC(=O)c1ccc2c(c1)c(=O)ccn2-c1ccc(C(F)(F)F)cc1. The van der Waals surface area contributed by atoms with Gasteiger partial charge < -0.3 is 9.88 Å². The highest BCUT2D eigenvalue weighted by atomic mass is 19.4. The molecule has 0 unspecified atom stereocenters. The molecule has 0 fully saturated rings. The van der Waals surface area contributed by atoms with Crippen molar-refractivity contribution in [1.82, 2.24) is 9.88 Å². The molecule has 0 atom stereocenters. The molecule has 0 saturated heterocycles. The lowest BCUT2D eigenvalue weighted by Gasteiger charge is -2.14. The number of carbonyl (C=O) groups excluding carboxylic acids is 1. The van der Waals surface area contributed by atoms with Gasteiger partial charge in [-0.15, -0.1) is 0 Å². The van der Waals surface area contributed by atoms with E-state index in [4.69, 9.17) is 0 Å². The Hall–Kier alpha value is -3.09. The normalized spacial score (nSPS) is 11.8. The van der Waals surface area contributed by atoms with Crippen LogP contribution < -0.4 is 10.7 Å². The number of aromatic nitrogens is 1. The number of carbonyl (C=O) groups is 1. The first-order valence-electron chi connectivity index (χ1n) is 8.31. The zero-order valence-corrected chi connectivity index (χ0v) is 14.7. The summed E-state index contributed by atoms with van der Waals surface area (Å²) in [7, 11) is 0. The van der Waals surface area contributed by atoms with Crippen molar-refractivity contribution in [2.24, 2.45) is 0 Å². The Labute approximate surface area is 153 Å². The van der Waals surface area contributed by atoms with Gasteiger partial charge in [0.25, 0.3) is 5.91 Å². The van der Waals surface area contributed by atoms with E-state index in [1.807, 2.05) is 13.8 Å². The van der Waals surface area contributed by atoms with Crippen LogP contribution in [-0.2, 0) is 6.18 Å². The van der Waals surface area contributed by atoms with Crippen molar-refractivity contribution in [3.8, 4) is 5.69 Å². The molecule has 3 rings (SSSR count). The van der Waals surface area contributed by atoms with E-state index in [1.54, 1.807) is 16.7 Å². The van der Waals surface area contributed by atoms with Gasteiger partial charge in [-0.3, -0.25) is 9.59 Å². The zero-order valence-electron chi connectivity index (χ0n) is 14.7. The fraction of sp³-hybridized carbons (Fsp3) is 0.200. The molecular formula is C20H17F3N2O2. The lowest BCUT2D eigenvalue weighted by atomic mass is 10.1. The Morgan fingerprint density at radius 1 is 1.04 bits per heavy atom. The molecule has 7 heteroatoms. The van der Waals surface area contributed by atoms with Crippen molar-refractivity contribution in [2.45, 2.75) is 26.1 Å². The third-order valence-electron chi connectivity index (χ3n) is 4.05. The lowest BCUT2D eigenvalue weighted by Crippen LogP contribution is -2.30. The minimum atomic E-state index is -4.41. The van der Waals surface area contributed by atoms with E-state index in [0.29, 0.717) is 22.2 Å². The van der Waals surface area contributed by atoms with Crippen LogP contribution in [0.5, 0.6) is 0 Å². The first kappa shape index (κ1) is 18.7. The second-order valence-corrected chi connectivity index (χ2v) is 6.45. The van der Waals surface area contributed by atoms with Crippen molar-refractivity contribution in [1.29, 1.82) is 0 Å². The van der Waals surface area contributed by atoms with Crippen LogP contribution >= 0.6 is 0 Å². The summed E-state index contributed by atoms with van der Waals surface area (Å²) in [6.07, 6.45) is -2.91. The molecule has 1 aromatic heterocycles. The summed E-state index contributed by atoms with van der Waals surface area (Å²) in [6.45, 7) is 3.66. The highest BCUT2D eigenvalue weighted by Gasteiger charge is 2.30. The summed E-state index contributed by atoms with van der Waals surface area (Å²) >= 11 is 0. The van der Waals surface area contributed by atoms with Gasteiger partial charge in [-0.1, -0.05) is 0 Å². The molecule has 0 spiro atoms. The number of alkyl halides is 3. The van der Waals surface area contributed by atoms with E-state index in [2.05, 4.69) is 5.32 Å². The maximum atomic E-state index is 12.8. The van der Waals surface area contributed by atoms with E-state index in [9.17, 15) is 22.8 Å². The second-order valence-electron chi connectivity index (χ2n) is 6.45. The molecule has 0 aliphatic carbocycles. The van der Waals surface area contributed by atoms with E-state index >= 15 is 0 Å². The summed E-state index contributed by atoms with van der Waals surface area (Å²) in [4.78, 5) is 24.4. The summed E-state index contributed by atoms with van der Waals surface area (Å²) in [5, 5.41) is 3.07. The molecule has 4 nitrogen and oxygen atoms in total. The molecular weight excluding hydrogens is 357 g/mol. The fourth-order valence-corrected chi connectivity index (χ4v) is 2.78. The minimum Gasteiger partial charge on any atom is -0.350 e. The molecule has 0 radical (unpaired) electrons. The van der Waals surface area contributed by atoms with Crippen LogP contribution in [0.15, 0.2) is 59.5 Å². The number of nitrogens with one attached hydrogen (secondary N) is 1. The number of halogens is 3. The maximum absolute atomic E-state index is 12.8. The van der Waals surface area contributed by atoms with Crippen LogP contribution in [0.2, 0.25) is 0 Å². The summed E-state index contributed by atoms with van der Waals surface area (Å²) < 4.78 is 39.9. The number of hydrogen-bond donors (Lipinski definition) is 1. The largest absolute Gasteiger partial charge is 0.416 e. The van der Waals surface area contributed by atoms with Gasteiger partial charge in [0.15, 0.2) is 5.43 Å². The predicted molar refractivity (Wildman–Crippen MR) is 97.1 cm³/mol.